The van der Waals surface area contributed by atoms with Gasteiger partial charge in [0.05, 0.1) is 5.69 Å². The Kier molecular flexibility index (Phi) is 4.13. The van der Waals surface area contributed by atoms with E-state index in [9.17, 15) is 0 Å². The van der Waals surface area contributed by atoms with Gasteiger partial charge in [0.2, 0.25) is 11.8 Å². The lowest BCUT2D eigenvalue weighted by Crippen LogP contribution is -2.17. The van der Waals surface area contributed by atoms with Crippen LogP contribution in [0.5, 0.6) is 0 Å². The van der Waals surface area contributed by atoms with Crippen molar-refractivity contribution in [2.45, 2.75) is 52.0 Å². The van der Waals surface area contributed by atoms with Crippen LogP contribution in [0.4, 0.5) is 5.82 Å². The van der Waals surface area contributed by atoms with Crippen LogP contribution in [0, 0.1) is 12.8 Å². The third-order valence-corrected chi connectivity index (χ3v) is 3.97. The number of nitrogens with zero attached hydrogens (tertiary/aromatic N) is 4. The lowest BCUT2D eigenvalue weighted by atomic mass is 10.0. The molecule has 0 aromatic carbocycles. The van der Waals surface area contributed by atoms with Gasteiger partial charge in [-0.25, -0.2) is 0 Å². The summed E-state index contributed by atoms with van der Waals surface area (Å²) < 4.78 is 5.60. The second-order valence-corrected chi connectivity index (χ2v) is 5.73. The lowest BCUT2D eigenvalue weighted by Gasteiger charge is -2.13. The van der Waals surface area contributed by atoms with E-state index in [0.717, 1.165) is 49.0 Å². The summed E-state index contributed by atoms with van der Waals surface area (Å²) in [7, 11) is 0. The molecule has 3 rings (SSSR count). The number of aryl methyl sites for hydroxylation is 2. The zero-order chi connectivity index (χ0) is 14.7. The second-order valence-electron chi connectivity index (χ2n) is 5.73. The Morgan fingerprint density at radius 3 is 2.71 bits per heavy atom. The molecule has 1 saturated carbocycles. The summed E-state index contributed by atoms with van der Waals surface area (Å²) in [6, 6.07) is 4.42. The first-order valence-electron chi connectivity index (χ1n) is 7.61. The van der Waals surface area contributed by atoms with Crippen molar-refractivity contribution in [3.63, 3.8) is 0 Å². The molecular weight excluding hydrogens is 266 g/mol. The highest BCUT2D eigenvalue weighted by atomic mass is 16.4. The first kappa shape index (κ1) is 14.0. The fourth-order valence-corrected chi connectivity index (χ4v) is 2.84. The fraction of sp³-hybridized carbons (Fsp3) is 0.600. The number of rotatable bonds is 5. The van der Waals surface area contributed by atoms with E-state index in [4.69, 9.17) is 4.42 Å². The van der Waals surface area contributed by atoms with E-state index in [1.54, 1.807) is 0 Å². The molecule has 0 radical (unpaired) electrons. The molecule has 0 unspecified atom stereocenters. The summed E-state index contributed by atoms with van der Waals surface area (Å²) in [6.45, 7) is 3.97. The van der Waals surface area contributed by atoms with Gasteiger partial charge < -0.3 is 9.73 Å². The molecule has 0 bridgehead atoms. The Hall–Kier alpha value is -1.98. The molecule has 21 heavy (non-hydrogen) atoms. The zero-order valence-electron chi connectivity index (χ0n) is 12.5. The molecule has 0 aliphatic heterocycles. The Bertz CT molecular complexity index is 580. The van der Waals surface area contributed by atoms with Gasteiger partial charge in [-0.05, 0) is 44.2 Å². The standard InChI is InChI=1S/C15H21N5O/c1-3-14-19-20-15(21-14)9-11-5-6-12(8-11)16-13-7-4-10(2)17-18-13/h4,7,11-12H,3,5-6,8-9H2,1-2H3,(H,16,18)/t11-,12+/m1/s1. The summed E-state index contributed by atoms with van der Waals surface area (Å²) in [5.41, 5.74) is 0.938. The molecule has 2 atom stereocenters. The van der Waals surface area contributed by atoms with Gasteiger partial charge in [0.1, 0.15) is 5.82 Å². The molecular formula is C15H21N5O. The molecule has 1 aliphatic rings. The normalized spacial score (nSPS) is 21.6. The summed E-state index contributed by atoms with van der Waals surface area (Å²) in [6.07, 6.45) is 5.12. The molecule has 0 amide bonds. The number of anilines is 1. The molecule has 112 valence electrons. The Morgan fingerprint density at radius 2 is 2.00 bits per heavy atom. The van der Waals surface area contributed by atoms with Gasteiger partial charge >= 0.3 is 0 Å². The Labute approximate surface area is 124 Å². The molecule has 2 aromatic heterocycles. The van der Waals surface area contributed by atoms with Crippen LogP contribution in [0.1, 0.15) is 43.7 Å². The first-order valence-corrected chi connectivity index (χ1v) is 7.61. The number of nitrogens with one attached hydrogen (secondary N) is 1. The minimum atomic E-state index is 0.459. The van der Waals surface area contributed by atoms with Gasteiger partial charge in [-0.1, -0.05) is 6.92 Å². The van der Waals surface area contributed by atoms with Crippen LogP contribution in [-0.2, 0) is 12.8 Å². The van der Waals surface area contributed by atoms with Crippen molar-refractivity contribution in [2.75, 3.05) is 5.32 Å². The van der Waals surface area contributed by atoms with Crippen LogP contribution in [0.15, 0.2) is 16.5 Å². The number of hydrogen-bond donors (Lipinski definition) is 1. The molecule has 6 heteroatoms. The maximum Gasteiger partial charge on any atom is 0.216 e. The van der Waals surface area contributed by atoms with E-state index in [2.05, 4.69) is 25.7 Å². The van der Waals surface area contributed by atoms with Crippen molar-refractivity contribution >= 4 is 5.82 Å². The molecule has 2 aromatic rings. The van der Waals surface area contributed by atoms with Crippen LogP contribution in [0.3, 0.4) is 0 Å². The molecule has 0 saturated heterocycles. The van der Waals surface area contributed by atoms with E-state index < -0.39 is 0 Å². The van der Waals surface area contributed by atoms with Gasteiger partial charge in [-0.2, -0.15) is 5.10 Å². The number of aromatic nitrogens is 4. The summed E-state index contributed by atoms with van der Waals surface area (Å²) >= 11 is 0. The average molecular weight is 287 g/mol. The quantitative estimate of drug-likeness (QED) is 0.910. The molecule has 0 spiro atoms. The van der Waals surface area contributed by atoms with Crippen molar-refractivity contribution in [3.8, 4) is 0 Å². The third kappa shape index (κ3) is 3.56. The van der Waals surface area contributed by atoms with Crippen LogP contribution in [0.25, 0.3) is 0 Å². The van der Waals surface area contributed by atoms with Crippen molar-refractivity contribution in [2.24, 2.45) is 5.92 Å². The topological polar surface area (TPSA) is 76.7 Å². The van der Waals surface area contributed by atoms with Crippen LogP contribution < -0.4 is 5.32 Å². The van der Waals surface area contributed by atoms with Crippen molar-refractivity contribution in [3.05, 3.63) is 29.6 Å². The van der Waals surface area contributed by atoms with Gasteiger partial charge in [0.25, 0.3) is 0 Å². The molecule has 1 aliphatic carbocycles. The van der Waals surface area contributed by atoms with E-state index in [0.29, 0.717) is 12.0 Å². The largest absolute Gasteiger partial charge is 0.425 e. The van der Waals surface area contributed by atoms with E-state index in [1.807, 2.05) is 26.0 Å². The summed E-state index contributed by atoms with van der Waals surface area (Å²) in [5.74, 6) is 2.96. The second kappa shape index (κ2) is 6.20. The van der Waals surface area contributed by atoms with Gasteiger partial charge in [0, 0.05) is 18.9 Å². The van der Waals surface area contributed by atoms with E-state index in [-0.39, 0.29) is 0 Å². The highest BCUT2D eigenvalue weighted by molar-refractivity contribution is 5.34. The minimum absolute atomic E-state index is 0.459. The zero-order valence-corrected chi connectivity index (χ0v) is 12.5. The maximum absolute atomic E-state index is 5.60. The lowest BCUT2D eigenvalue weighted by molar-refractivity contribution is 0.409. The molecule has 2 heterocycles. The van der Waals surface area contributed by atoms with Crippen LogP contribution >= 0.6 is 0 Å². The van der Waals surface area contributed by atoms with Crippen molar-refractivity contribution in [1.82, 2.24) is 20.4 Å². The van der Waals surface area contributed by atoms with Crippen molar-refractivity contribution < 1.29 is 4.42 Å². The monoisotopic (exact) mass is 287 g/mol. The number of hydrogen-bond acceptors (Lipinski definition) is 6. The SMILES string of the molecule is CCc1nnc(C[C@@H]2CC[C@H](Nc3ccc(C)nn3)C2)o1. The smallest absolute Gasteiger partial charge is 0.216 e. The minimum Gasteiger partial charge on any atom is -0.425 e. The predicted octanol–water partition coefficient (Wildman–Crippen LogP) is 2.55. The maximum atomic E-state index is 5.60. The van der Waals surface area contributed by atoms with Gasteiger partial charge in [-0.3, -0.25) is 0 Å². The summed E-state index contributed by atoms with van der Waals surface area (Å²) in [4.78, 5) is 0. The first-order chi connectivity index (χ1) is 10.2. The van der Waals surface area contributed by atoms with Crippen LogP contribution in [-0.4, -0.2) is 26.4 Å². The van der Waals surface area contributed by atoms with Crippen molar-refractivity contribution in [1.29, 1.82) is 0 Å². The predicted molar refractivity (Wildman–Crippen MR) is 78.9 cm³/mol. The molecule has 1 N–H and O–H groups in total. The third-order valence-electron chi connectivity index (χ3n) is 3.97. The fourth-order valence-electron chi connectivity index (χ4n) is 2.84. The van der Waals surface area contributed by atoms with E-state index in [1.165, 1.54) is 6.42 Å². The van der Waals surface area contributed by atoms with Crippen LogP contribution in [0.2, 0.25) is 0 Å². The molecule has 6 nitrogen and oxygen atoms in total. The Balaban J connectivity index is 1.52. The average Bonchev–Trinajstić information content (AvgIpc) is 3.11. The van der Waals surface area contributed by atoms with Gasteiger partial charge in [0.15, 0.2) is 0 Å². The van der Waals surface area contributed by atoms with E-state index >= 15 is 0 Å². The Morgan fingerprint density at radius 1 is 1.14 bits per heavy atom. The molecule has 1 fully saturated rings. The highest BCUT2D eigenvalue weighted by Crippen LogP contribution is 2.30. The highest BCUT2D eigenvalue weighted by Gasteiger charge is 2.26. The van der Waals surface area contributed by atoms with Gasteiger partial charge in [-0.15, -0.1) is 15.3 Å². The summed E-state index contributed by atoms with van der Waals surface area (Å²) in [5, 5.41) is 19.8.